The van der Waals surface area contributed by atoms with Gasteiger partial charge in [0.25, 0.3) is 17.3 Å². The minimum Gasteiger partial charge on any atom is -0.484 e. The molecule has 0 heterocycles. The standard InChI is InChI=1S/C14H10FN3O6/c15-9-1-6-12(13(7-9)18(22)23)16-14(19)8-24-11-4-2-10(3-5-11)17(20)21/h1-7H,8H2,(H,16,19). The van der Waals surface area contributed by atoms with Crippen molar-refractivity contribution in [3.63, 3.8) is 0 Å². The van der Waals surface area contributed by atoms with Gasteiger partial charge in [-0.2, -0.15) is 0 Å². The van der Waals surface area contributed by atoms with E-state index in [1.54, 1.807) is 0 Å². The molecule has 0 aliphatic carbocycles. The number of hydrogen-bond acceptors (Lipinski definition) is 6. The number of ether oxygens (including phenoxy) is 1. The molecule has 0 fully saturated rings. The van der Waals surface area contributed by atoms with Gasteiger partial charge < -0.3 is 10.1 Å². The summed E-state index contributed by atoms with van der Waals surface area (Å²) in [5.41, 5.74) is -0.883. The quantitative estimate of drug-likeness (QED) is 0.639. The number of rotatable bonds is 6. The molecule has 0 spiro atoms. The first-order chi connectivity index (χ1) is 11.4. The first kappa shape index (κ1) is 16.8. The van der Waals surface area contributed by atoms with Crippen molar-refractivity contribution in [1.29, 1.82) is 0 Å². The number of nitro groups is 2. The van der Waals surface area contributed by atoms with Gasteiger partial charge in [-0.3, -0.25) is 25.0 Å². The molecule has 10 heteroatoms. The minimum atomic E-state index is -0.824. The molecule has 2 aromatic carbocycles. The van der Waals surface area contributed by atoms with Crippen LogP contribution in [0.1, 0.15) is 0 Å². The van der Waals surface area contributed by atoms with E-state index in [9.17, 15) is 29.4 Å². The summed E-state index contributed by atoms with van der Waals surface area (Å²) in [5.74, 6) is -1.30. The van der Waals surface area contributed by atoms with Crippen LogP contribution in [0.5, 0.6) is 5.75 Å². The fourth-order valence-electron chi connectivity index (χ4n) is 1.76. The molecule has 0 unspecified atom stereocenters. The zero-order valence-electron chi connectivity index (χ0n) is 12.0. The Bertz CT molecular complexity index is 794. The van der Waals surface area contributed by atoms with E-state index in [4.69, 9.17) is 4.74 Å². The molecule has 0 aromatic heterocycles. The highest BCUT2D eigenvalue weighted by atomic mass is 19.1. The Balaban J connectivity index is 1.99. The van der Waals surface area contributed by atoms with Crippen molar-refractivity contribution >= 4 is 23.0 Å². The summed E-state index contributed by atoms with van der Waals surface area (Å²) in [6.07, 6.45) is 0. The maximum Gasteiger partial charge on any atom is 0.295 e. The van der Waals surface area contributed by atoms with E-state index >= 15 is 0 Å². The number of anilines is 1. The maximum atomic E-state index is 13.0. The van der Waals surface area contributed by atoms with E-state index in [1.165, 1.54) is 24.3 Å². The summed E-state index contributed by atoms with van der Waals surface area (Å²) in [7, 11) is 0. The monoisotopic (exact) mass is 335 g/mol. The number of benzene rings is 2. The number of carbonyl (C=O) groups is 1. The fraction of sp³-hybridized carbons (Fsp3) is 0.0714. The van der Waals surface area contributed by atoms with Gasteiger partial charge in [0.05, 0.1) is 15.9 Å². The topological polar surface area (TPSA) is 125 Å². The Morgan fingerprint density at radius 1 is 1.08 bits per heavy atom. The largest absolute Gasteiger partial charge is 0.484 e. The molecule has 0 saturated carbocycles. The maximum absolute atomic E-state index is 13.0. The third kappa shape index (κ3) is 4.22. The molecule has 0 saturated heterocycles. The average Bonchev–Trinajstić information content (AvgIpc) is 2.54. The number of nitrogens with zero attached hydrogens (tertiary/aromatic N) is 2. The zero-order valence-corrected chi connectivity index (χ0v) is 12.0. The van der Waals surface area contributed by atoms with Crippen LogP contribution in [0.15, 0.2) is 42.5 Å². The van der Waals surface area contributed by atoms with Gasteiger partial charge in [-0.05, 0) is 24.3 Å². The Labute approximate surface area is 134 Å². The molecule has 0 bridgehead atoms. The van der Waals surface area contributed by atoms with Crippen molar-refractivity contribution in [2.75, 3.05) is 11.9 Å². The second-order valence-electron chi connectivity index (χ2n) is 4.51. The summed E-state index contributed by atoms with van der Waals surface area (Å²) in [6, 6.07) is 7.76. The Morgan fingerprint density at radius 2 is 1.75 bits per heavy atom. The summed E-state index contributed by atoms with van der Waals surface area (Å²) in [4.78, 5) is 31.7. The number of nitrogens with one attached hydrogen (secondary N) is 1. The predicted molar refractivity (Wildman–Crippen MR) is 80.3 cm³/mol. The molecule has 24 heavy (non-hydrogen) atoms. The zero-order chi connectivity index (χ0) is 17.7. The third-order valence-electron chi connectivity index (χ3n) is 2.85. The van der Waals surface area contributed by atoms with Crippen molar-refractivity contribution in [3.8, 4) is 5.75 Å². The van der Waals surface area contributed by atoms with Crippen LogP contribution in [0.2, 0.25) is 0 Å². The number of nitro benzene ring substituents is 2. The lowest BCUT2D eigenvalue weighted by molar-refractivity contribution is -0.384. The molecular weight excluding hydrogens is 325 g/mol. The van der Waals surface area contributed by atoms with E-state index in [0.29, 0.717) is 6.07 Å². The normalized spacial score (nSPS) is 10.0. The van der Waals surface area contributed by atoms with Crippen molar-refractivity contribution < 1.29 is 23.8 Å². The van der Waals surface area contributed by atoms with Crippen LogP contribution < -0.4 is 10.1 Å². The van der Waals surface area contributed by atoms with E-state index in [1.807, 2.05) is 0 Å². The third-order valence-corrected chi connectivity index (χ3v) is 2.85. The number of hydrogen-bond donors (Lipinski definition) is 1. The SMILES string of the molecule is O=C(COc1ccc([N+](=O)[O-])cc1)Nc1ccc(F)cc1[N+](=O)[O-]. The molecule has 0 aliphatic heterocycles. The summed E-state index contributed by atoms with van der Waals surface area (Å²) < 4.78 is 18.1. The van der Waals surface area contributed by atoms with Gasteiger partial charge in [-0.25, -0.2) is 4.39 Å². The molecule has 2 rings (SSSR count). The lowest BCUT2D eigenvalue weighted by atomic mass is 10.2. The van der Waals surface area contributed by atoms with E-state index < -0.39 is 33.9 Å². The highest BCUT2D eigenvalue weighted by molar-refractivity contribution is 5.94. The summed E-state index contributed by atoms with van der Waals surface area (Å²) in [6.45, 7) is -0.480. The predicted octanol–water partition coefficient (Wildman–Crippen LogP) is 2.66. The van der Waals surface area contributed by atoms with Gasteiger partial charge in [0.1, 0.15) is 17.3 Å². The van der Waals surface area contributed by atoms with Gasteiger partial charge in [0, 0.05) is 12.1 Å². The number of halogens is 1. The van der Waals surface area contributed by atoms with Gasteiger partial charge in [0.2, 0.25) is 0 Å². The van der Waals surface area contributed by atoms with Crippen LogP contribution in [0.4, 0.5) is 21.5 Å². The fourth-order valence-corrected chi connectivity index (χ4v) is 1.76. The van der Waals surface area contributed by atoms with Crippen LogP contribution >= 0.6 is 0 Å². The van der Waals surface area contributed by atoms with E-state index in [2.05, 4.69) is 5.32 Å². The molecular formula is C14H10FN3O6. The number of amides is 1. The molecule has 0 aliphatic rings. The van der Waals surface area contributed by atoms with Gasteiger partial charge >= 0.3 is 0 Å². The summed E-state index contributed by atoms with van der Waals surface area (Å²) in [5, 5.41) is 23.6. The van der Waals surface area contributed by atoms with Crippen LogP contribution in [-0.4, -0.2) is 22.4 Å². The van der Waals surface area contributed by atoms with Crippen molar-refractivity contribution in [2.24, 2.45) is 0 Å². The van der Waals surface area contributed by atoms with Gasteiger partial charge in [-0.15, -0.1) is 0 Å². The van der Waals surface area contributed by atoms with Crippen molar-refractivity contribution in [3.05, 3.63) is 68.5 Å². The smallest absolute Gasteiger partial charge is 0.295 e. The van der Waals surface area contributed by atoms with Crippen LogP contribution in [0.25, 0.3) is 0 Å². The number of non-ortho nitro benzene ring substituents is 1. The van der Waals surface area contributed by atoms with Gasteiger partial charge in [-0.1, -0.05) is 0 Å². The Kier molecular flexibility index (Phi) is 5.00. The summed E-state index contributed by atoms with van der Waals surface area (Å²) >= 11 is 0. The van der Waals surface area contributed by atoms with Gasteiger partial charge in [0.15, 0.2) is 6.61 Å². The highest BCUT2D eigenvalue weighted by Crippen LogP contribution is 2.25. The van der Waals surface area contributed by atoms with E-state index in [0.717, 1.165) is 12.1 Å². The van der Waals surface area contributed by atoms with E-state index in [-0.39, 0.29) is 17.1 Å². The molecule has 1 N–H and O–H groups in total. The Hall–Kier alpha value is -3.56. The highest BCUT2D eigenvalue weighted by Gasteiger charge is 2.17. The lowest BCUT2D eigenvalue weighted by Crippen LogP contribution is -2.20. The first-order valence-corrected chi connectivity index (χ1v) is 6.48. The van der Waals surface area contributed by atoms with Crippen molar-refractivity contribution in [1.82, 2.24) is 0 Å². The number of carbonyl (C=O) groups excluding carboxylic acids is 1. The van der Waals surface area contributed by atoms with Crippen molar-refractivity contribution in [2.45, 2.75) is 0 Å². The second kappa shape index (κ2) is 7.13. The second-order valence-corrected chi connectivity index (χ2v) is 4.51. The first-order valence-electron chi connectivity index (χ1n) is 6.48. The lowest BCUT2D eigenvalue weighted by Gasteiger charge is -2.08. The average molecular weight is 335 g/mol. The molecule has 2 aromatic rings. The molecule has 124 valence electrons. The van der Waals surface area contributed by atoms with Crippen LogP contribution in [-0.2, 0) is 4.79 Å². The molecule has 9 nitrogen and oxygen atoms in total. The van der Waals surface area contributed by atoms with Crippen LogP contribution in [0, 0.1) is 26.0 Å². The van der Waals surface area contributed by atoms with Crippen LogP contribution in [0.3, 0.4) is 0 Å². The molecule has 0 atom stereocenters. The molecule has 0 radical (unpaired) electrons. The molecule has 1 amide bonds. The Morgan fingerprint density at radius 3 is 2.33 bits per heavy atom. The minimum absolute atomic E-state index is 0.131.